The Hall–Kier alpha value is -2.50. The summed E-state index contributed by atoms with van der Waals surface area (Å²) < 4.78 is 37.5. The van der Waals surface area contributed by atoms with Crippen LogP contribution in [0.3, 0.4) is 0 Å². The normalized spacial score (nSPS) is 19.2. The van der Waals surface area contributed by atoms with Crippen LogP contribution in [0.25, 0.3) is 6.08 Å². The van der Waals surface area contributed by atoms with E-state index in [1.807, 2.05) is 6.92 Å². The van der Waals surface area contributed by atoms with Crippen LogP contribution in [0.4, 0.5) is 13.2 Å². The number of halogens is 3. The molecule has 0 saturated heterocycles. The lowest BCUT2D eigenvalue weighted by Gasteiger charge is -2.23. The van der Waals surface area contributed by atoms with Crippen LogP contribution in [-0.4, -0.2) is 23.4 Å². The molecule has 1 aromatic carbocycles. The number of dihydropyridines is 1. The number of nitrogens with one attached hydrogen (secondary N) is 1. The Bertz CT molecular complexity index is 672. The minimum Gasteiger partial charge on any atom is -0.507 e. The third-order valence-electron chi connectivity index (χ3n) is 3.67. The number of hydrogen-bond donors (Lipinski definition) is 2. The molecule has 1 aromatic rings. The van der Waals surface area contributed by atoms with E-state index in [0.717, 1.165) is 12.1 Å². The smallest absolute Gasteiger partial charge is 0.416 e. The van der Waals surface area contributed by atoms with Crippen LogP contribution in [0, 0.1) is 0 Å². The summed E-state index contributed by atoms with van der Waals surface area (Å²) in [5, 5.41) is 12.4. The van der Waals surface area contributed by atoms with E-state index in [4.69, 9.17) is 0 Å². The maximum atomic E-state index is 12.5. The van der Waals surface area contributed by atoms with Crippen molar-refractivity contribution < 1.29 is 18.3 Å². The van der Waals surface area contributed by atoms with Gasteiger partial charge in [0.1, 0.15) is 5.76 Å². The zero-order chi connectivity index (χ0) is 17.7. The van der Waals surface area contributed by atoms with Gasteiger partial charge in [-0.05, 0) is 43.2 Å². The van der Waals surface area contributed by atoms with E-state index in [0.29, 0.717) is 17.7 Å². The Labute approximate surface area is 138 Å². The SMILES string of the molecule is C=C(/C=C/c1ccc(C(F)(F)F)cc1)NC(C)[C@@H]1CC=C(O)C=N1. The first-order valence-corrected chi connectivity index (χ1v) is 7.49. The Balaban J connectivity index is 1.90. The molecule has 128 valence electrons. The molecule has 2 N–H and O–H groups in total. The largest absolute Gasteiger partial charge is 0.507 e. The molecule has 3 nitrogen and oxygen atoms in total. The highest BCUT2D eigenvalue weighted by Gasteiger charge is 2.29. The van der Waals surface area contributed by atoms with Crippen LogP contribution in [-0.2, 0) is 6.18 Å². The number of allylic oxidation sites excluding steroid dienone is 2. The molecule has 0 bridgehead atoms. The van der Waals surface area contributed by atoms with Crippen LogP contribution < -0.4 is 5.32 Å². The second kappa shape index (κ2) is 7.38. The highest BCUT2D eigenvalue weighted by atomic mass is 19.4. The highest BCUT2D eigenvalue weighted by molar-refractivity contribution is 5.76. The van der Waals surface area contributed by atoms with Crippen LogP contribution in [0.15, 0.2) is 59.4 Å². The Kier molecular flexibility index (Phi) is 5.49. The Morgan fingerprint density at radius 1 is 1.38 bits per heavy atom. The number of alkyl halides is 3. The molecule has 1 unspecified atom stereocenters. The molecule has 0 aliphatic carbocycles. The lowest BCUT2D eigenvalue weighted by Crippen LogP contribution is -2.35. The maximum Gasteiger partial charge on any atom is 0.416 e. The summed E-state index contributed by atoms with van der Waals surface area (Å²) in [5.74, 6) is 0.166. The first-order chi connectivity index (χ1) is 11.3. The van der Waals surface area contributed by atoms with Crippen molar-refractivity contribution in [1.29, 1.82) is 0 Å². The van der Waals surface area contributed by atoms with E-state index in [1.54, 1.807) is 18.2 Å². The van der Waals surface area contributed by atoms with Crippen LogP contribution >= 0.6 is 0 Å². The summed E-state index contributed by atoms with van der Waals surface area (Å²) in [6, 6.07) is 4.93. The molecule has 0 aromatic heterocycles. The van der Waals surface area contributed by atoms with Crippen molar-refractivity contribution >= 4 is 12.3 Å². The van der Waals surface area contributed by atoms with Crippen molar-refractivity contribution in [1.82, 2.24) is 5.32 Å². The van der Waals surface area contributed by atoms with Gasteiger partial charge in [-0.3, -0.25) is 4.99 Å². The standard InChI is InChI=1S/C18H19F3N2O/c1-12(23-13(2)17-10-9-16(24)11-22-17)3-4-14-5-7-15(8-6-14)18(19,20)21/h3-9,11,13,17,23-24H,1,10H2,2H3/b4-3+/t13?,17-/m0/s1. The maximum absolute atomic E-state index is 12.5. The van der Waals surface area contributed by atoms with E-state index in [-0.39, 0.29) is 17.8 Å². The van der Waals surface area contributed by atoms with E-state index < -0.39 is 11.7 Å². The first-order valence-electron chi connectivity index (χ1n) is 7.49. The van der Waals surface area contributed by atoms with Crippen LogP contribution in [0.2, 0.25) is 0 Å². The second-order valence-corrected chi connectivity index (χ2v) is 5.62. The van der Waals surface area contributed by atoms with Gasteiger partial charge in [0.2, 0.25) is 0 Å². The summed E-state index contributed by atoms with van der Waals surface area (Å²) >= 11 is 0. The number of aliphatic hydroxyl groups excluding tert-OH is 1. The molecule has 0 radical (unpaired) electrons. The fraction of sp³-hybridized carbons (Fsp3) is 0.278. The summed E-state index contributed by atoms with van der Waals surface area (Å²) in [7, 11) is 0. The molecule has 1 heterocycles. The lowest BCUT2D eigenvalue weighted by atomic mass is 10.0. The van der Waals surface area contributed by atoms with Crippen LogP contribution in [0.1, 0.15) is 24.5 Å². The van der Waals surface area contributed by atoms with Crippen molar-refractivity contribution in [3.63, 3.8) is 0 Å². The molecule has 0 saturated carbocycles. The van der Waals surface area contributed by atoms with Crippen molar-refractivity contribution in [2.45, 2.75) is 31.6 Å². The molecule has 0 fully saturated rings. The van der Waals surface area contributed by atoms with Crippen molar-refractivity contribution in [2.24, 2.45) is 4.99 Å². The number of aliphatic imine (C=N–C) groups is 1. The molecular weight excluding hydrogens is 317 g/mol. The zero-order valence-corrected chi connectivity index (χ0v) is 13.2. The van der Waals surface area contributed by atoms with Gasteiger partial charge in [0.15, 0.2) is 0 Å². The average Bonchev–Trinajstić information content (AvgIpc) is 2.53. The average molecular weight is 336 g/mol. The van der Waals surface area contributed by atoms with Gasteiger partial charge in [-0.2, -0.15) is 13.2 Å². The quantitative estimate of drug-likeness (QED) is 0.778. The molecular formula is C18H19F3N2O. The summed E-state index contributed by atoms with van der Waals surface area (Å²) in [5.41, 5.74) is 0.621. The fourth-order valence-corrected chi connectivity index (χ4v) is 2.28. The predicted molar refractivity (Wildman–Crippen MR) is 89.8 cm³/mol. The van der Waals surface area contributed by atoms with E-state index in [2.05, 4.69) is 16.9 Å². The number of hydrogen-bond acceptors (Lipinski definition) is 3. The number of aliphatic hydroxyl groups is 1. The van der Waals surface area contributed by atoms with Gasteiger partial charge in [0, 0.05) is 11.7 Å². The van der Waals surface area contributed by atoms with Crippen molar-refractivity contribution in [3.05, 3.63) is 65.6 Å². The van der Waals surface area contributed by atoms with Gasteiger partial charge < -0.3 is 10.4 Å². The molecule has 2 rings (SSSR count). The summed E-state index contributed by atoms with van der Waals surface area (Å²) in [4.78, 5) is 4.24. The first kappa shape index (κ1) is 17.8. The lowest BCUT2D eigenvalue weighted by molar-refractivity contribution is -0.137. The van der Waals surface area contributed by atoms with Gasteiger partial charge in [0.05, 0.1) is 17.8 Å². The predicted octanol–water partition coefficient (Wildman–Crippen LogP) is 4.50. The van der Waals surface area contributed by atoms with Gasteiger partial charge in [-0.15, -0.1) is 0 Å². The fourth-order valence-electron chi connectivity index (χ4n) is 2.28. The van der Waals surface area contributed by atoms with Crippen LogP contribution in [0.5, 0.6) is 0 Å². The van der Waals surface area contributed by atoms with E-state index in [9.17, 15) is 18.3 Å². The highest BCUT2D eigenvalue weighted by Crippen LogP contribution is 2.29. The van der Waals surface area contributed by atoms with E-state index >= 15 is 0 Å². The Morgan fingerprint density at radius 2 is 2.04 bits per heavy atom. The third-order valence-corrected chi connectivity index (χ3v) is 3.67. The number of rotatable bonds is 5. The number of nitrogens with zero attached hydrogens (tertiary/aromatic N) is 1. The third kappa shape index (κ3) is 5.01. The molecule has 24 heavy (non-hydrogen) atoms. The van der Waals surface area contributed by atoms with Crippen molar-refractivity contribution in [3.8, 4) is 0 Å². The zero-order valence-electron chi connectivity index (χ0n) is 13.2. The molecule has 1 aliphatic heterocycles. The van der Waals surface area contributed by atoms with E-state index in [1.165, 1.54) is 18.3 Å². The second-order valence-electron chi connectivity index (χ2n) is 5.62. The molecule has 2 atom stereocenters. The van der Waals surface area contributed by atoms with Gasteiger partial charge >= 0.3 is 6.18 Å². The summed E-state index contributed by atoms with van der Waals surface area (Å²) in [6.07, 6.45) is 2.83. The minimum atomic E-state index is -4.33. The Morgan fingerprint density at radius 3 is 2.58 bits per heavy atom. The molecule has 6 heteroatoms. The molecule has 0 amide bonds. The van der Waals surface area contributed by atoms with Gasteiger partial charge in [-0.1, -0.05) is 24.8 Å². The van der Waals surface area contributed by atoms with Crippen molar-refractivity contribution in [2.75, 3.05) is 0 Å². The van der Waals surface area contributed by atoms with Gasteiger partial charge in [-0.25, -0.2) is 0 Å². The topological polar surface area (TPSA) is 44.6 Å². The minimum absolute atomic E-state index is 0.00267. The summed E-state index contributed by atoms with van der Waals surface area (Å²) in [6.45, 7) is 5.84. The number of benzene rings is 1. The van der Waals surface area contributed by atoms with Gasteiger partial charge in [0.25, 0.3) is 0 Å². The molecule has 0 spiro atoms. The molecule has 1 aliphatic rings. The monoisotopic (exact) mass is 336 g/mol.